The molecule has 2 unspecified atom stereocenters. The molecule has 0 heterocycles. The van der Waals surface area contributed by atoms with Gasteiger partial charge in [-0.05, 0) is 43.2 Å². The number of rotatable bonds is 4. The van der Waals surface area contributed by atoms with Crippen LogP contribution in [0.3, 0.4) is 0 Å². The van der Waals surface area contributed by atoms with Crippen LogP contribution in [0, 0.1) is 5.92 Å². The lowest BCUT2D eigenvalue weighted by Gasteiger charge is -2.19. The van der Waals surface area contributed by atoms with E-state index in [0.717, 1.165) is 37.7 Å². The Morgan fingerprint density at radius 1 is 1.35 bits per heavy atom. The van der Waals surface area contributed by atoms with Crippen molar-refractivity contribution in [2.75, 3.05) is 6.61 Å². The number of hydrogen-bond donors (Lipinski definition) is 1. The van der Waals surface area contributed by atoms with Crippen LogP contribution < -0.4 is 0 Å². The van der Waals surface area contributed by atoms with Crippen LogP contribution >= 0.6 is 0 Å². The summed E-state index contributed by atoms with van der Waals surface area (Å²) in [6.07, 6.45) is 5.18. The number of esters is 1. The molecule has 20 heavy (non-hydrogen) atoms. The fraction of sp³-hybridized carbons (Fsp3) is 0.588. The highest BCUT2D eigenvalue weighted by atomic mass is 16.5. The van der Waals surface area contributed by atoms with Crippen LogP contribution in [0.25, 0.3) is 0 Å². The Morgan fingerprint density at radius 3 is 2.90 bits per heavy atom. The van der Waals surface area contributed by atoms with Gasteiger partial charge in [0.05, 0.1) is 19.1 Å². The maximum absolute atomic E-state index is 12.0. The van der Waals surface area contributed by atoms with E-state index in [-0.39, 0.29) is 18.5 Å². The first-order valence-corrected chi connectivity index (χ1v) is 7.61. The van der Waals surface area contributed by atoms with E-state index in [2.05, 4.69) is 12.1 Å². The van der Waals surface area contributed by atoms with Gasteiger partial charge in [0.15, 0.2) is 0 Å². The Kier molecular flexibility index (Phi) is 5.60. The third kappa shape index (κ3) is 3.83. The normalized spacial score (nSPS) is 23.1. The second-order valence-electron chi connectivity index (χ2n) is 5.57. The van der Waals surface area contributed by atoms with Crippen LogP contribution in [0.15, 0.2) is 24.3 Å². The smallest absolute Gasteiger partial charge is 0.308 e. The molecule has 1 aromatic rings. The summed E-state index contributed by atoms with van der Waals surface area (Å²) in [5.74, 6) is 0.386. The van der Waals surface area contributed by atoms with Crippen molar-refractivity contribution in [2.24, 2.45) is 5.92 Å². The zero-order chi connectivity index (χ0) is 14.4. The van der Waals surface area contributed by atoms with E-state index < -0.39 is 0 Å². The molecule has 0 spiro atoms. The Labute approximate surface area is 121 Å². The molecule has 0 amide bonds. The van der Waals surface area contributed by atoms with Crippen molar-refractivity contribution in [1.29, 1.82) is 0 Å². The Bertz CT molecular complexity index is 442. The monoisotopic (exact) mass is 276 g/mol. The molecule has 3 nitrogen and oxygen atoms in total. The molecule has 0 saturated heterocycles. The summed E-state index contributed by atoms with van der Waals surface area (Å²) >= 11 is 0. The van der Waals surface area contributed by atoms with Crippen molar-refractivity contribution in [3.05, 3.63) is 35.4 Å². The second kappa shape index (κ2) is 7.44. The van der Waals surface area contributed by atoms with Crippen LogP contribution in [0.5, 0.6) is 0 Å². The molecule has 1 aliphatic carbocycles. The van der Waals surface area contributed by atoms with Crippen molar-refractivity contribution in [2.45, 2.75) is 51.6 Å². The fourth-order valence-corrected chi connectivity index (χ4v) is 3.08. The number of hydrogen-bond acceptors (Lipinski definition) is 3. The van der Waals surface area contributed by atoms with Gasteiger partial charge in [0.1, 0.15) is 0 Å². The Balaban J connectivity index is 2.11. The molecule has 110 valence electrons. The molecular formula is C17H24O3. The zero-order valence-electron chi connectivity index (χ0n) is 12.2. The van der Waals surface area contributed by atoms with Crippen LogP contribution in [-0.2, 0) is 16.1 Å². The molecule has 0 radical (unpaired) electrons. The second-order valence-corrected chi connectivity index (χ2v) is 5.57. The van der Waals surface area contributed by atoms with Crippen molar-refractivity contribution in [3.63, 3.8) is 0 Å². The fourth-order valence-electron chi connectivity index (χ4n) is 3.08. The van der Waals surface area contributed by atoms with Crippen LogP contribution in [0.2, 0.25) is 0 Å². The van der Waals surface area contributed by atoms with Crippen molar-refractivity contribution in [3.8, 4) is 0 Å². The van der Waals surface area contributed by atoms with E-state index in [0.29, 0.717) is 12.5 Å². The Hall–Kier alpha value is -1.35. The SMILES string of the molecule is CCOC(=O)C1CCCCC(c2cccc(CO)c2)C1. The van der Waals surface area contributed by atoms with Gasteiger partial charge in [-0.15, -0.1) is 0 Å². The van der Waals surface area contributed by atoms with E-state index in [1.165, 1.54) is 5.56 Å². The zero-order valence-corrected chi connectivity index (χ0v) is 12.2. The highest BCUT2D eigenvalue weighted by Crippen LogP contribution is 2.35. The average molecular weight is 276 g/mol. The van der Waals surface area contributed by atoms with E-state index in [9.17, 15) is 9.90 Å². The molecule has 2 atom stereocenters. The summed E-state index contributed by atoms with van der Waals surface area (Å²) in [4.78, 5) is 12.0. The van der Waals surface area contributed by atoms with E-state index in [1.54, 1.807) is 0 Å². The number of aliphatic hydroxyl groups excluding tert-OH is 1. The van der Waals surface area contributed by atoms with Gasteiger partial charge in [-0.1, -0.05) is 37.1 Å². The summed E-state index contributed by atoms with van der Waals surface area (Å²) in [6, 6.07) is 8.10. The first kappa shape index (κ1) is 15.0. The van der Waals surface area contributed by atoms with Crippen LogP contribution in [0.1, 0.15) is 56.1 Å². The highest BCUT2D eigenvalue weighted by molar-refractivity contribution is 5.72. The number of benzene rings is 1. The Morgan fingerprint density at radius 2 is 2.15 bits per heavy atom. The van der Waals surface area contributed by atoms with Crippen molar-refractivity contribution in [1.82, 2.24) is 0 Å². The molecule has 1 fully saturated rings. The maximum Gasteiger partial charge on any atom is 0.308 e. The molecule has 1 aliphatic rings. The molecule has 0 aliphatic heterocycles. The van der Waals surface area contributed by atoms with Crippen molar-refractivity contribution >= 4 is 5.97 Å². The largest absolute Gasteiger partial charge is 0.466 e. The maximum atomic E-state index is 12.0. The lowest BCUT2D eigenvalue weighted by Crippen LogP contribution is -2.19. The molecular weight excluding hydrogens is 252 g/mol. The topological polar surface area (TPSA) is 46.5 Å². The first-order chi connectivity index (χ1) is 9.74. The quantitative estimate of drug-likeness (QED) is 0.677. The highest BCUT2D eigenvalue weighted by Gasteiger charge is 2.27. The summed E-state index contributed by atoms with van der Waals surface area (Å²) in [6.45, 7) is 2.39. The minimum Gasteiger partial charge on any atom is -0.466 e. The van der Waals surface area contributed by atoms with Gasteiger partial charge in [-0.3, -0.25) is 4.79 Å². The third-order valence-electron chi connectivity index (χ3n) is 4.15. The minimum absolute atomic E-state index is 0.0280. The minimum atomic E-state index is -0.0438. The van der Waals surface area contributed by atoms with E-state index in [4.69, 9.17) is 4.74 Å². The van der Waals surface area contributed by atoms with E-state index >= 15 is 0 Å². The molecule has 1 saturated carbocycles. The van der Waals surface area contributed by atoms with Gasteiger partial charge in [0.2, 0.25) is 0 Å². The summed E-state index contributed by atoms with van der Waals surface area (Å²) in [5.41, 5.74) is 2.19. The van der Waals surface area contributed by atoms with Crippen molar-refractivity contribution < 1.29 is 14.6 Å². The van der Waals surface area contributed by atoms with Gasteiger partial charge in [-0.2, -0.15) is 0 Å². The lowest BCUT2D eigenvalue weighted by atomic mass is 9.87. The van der Waals surface area contributed by atoms with Gasteiger partial charge >= 0.3 is 5.97 Å². The van der Waals surface area contributed by atoms with Gasteiger partial charge < -0.3 is 9.84 Å². The van der Waals surface area contributed by atoms with Gasteiger partial charge in [0, 0.05) is 0 Å². The predicted molar refractivity (Wildman–Crippen MR) is 78.3 cm³/mol. The third-order valence-corrected chi connectivity index (χ3v) is 4.15. The predicted octanol–water partition coefficient (Wildman–Crippen LogP) is 3.41. The summed E-state index contributed by atoms with van der Waals surface area (Å²) in [5, 5.41) is 9.25. The molecule has 0 aromatic heterocycles. The first-order valence-electron chi connectivity index (χ1n) is 7.61. The molecule has 1 aromatic carbocycles. The summed E-state index contributed by atoms with van der Waals surface area (Å²) < 4.78 is 5.19. The molecule has 0 bridgehead atoms. The summed E-state index contributed by atoms with van der Waals surface area (Å²) in [7, 11) is 0. The molecule has 3 heteroatoms. The molecule has 2 rings (SSSR count). The van der Waals surface area contributed by atoms with E-state index in [1.807, 2.05) is 19.1 Å². The van der Waals surface area contributed by atoms with Crippen LogP contribution in [-0.4, -0.2) is 17.7 Å². The lowest BCUT2D eigenvalue weighted by molar-refractivity contribution is -0.148. The van der Waals surface area contributed by atoms with Gasteiger partial charge in [0.25, 0.3) is 0 Å². The van der Waals surface area contributed by atoms with Crippen LogP contribution in [0.4, 0.5) is 0 Å². The number of carbonyl (C=O) groups excluding carboxylic acids is 1. The number of aliphatic hydroxyl groups is 1. The standard InChI is InChI=1S/C17H24O3/c1-2-20-17(19)16-8-4-3-7-15(11-16)14-9-5-6-13(10-14)12-18/h5-6,9-10,15-16,18H,2-4,7-8,11-12H2,1H3. The number of carbonyl (C=O) groups is 1. The van der Waals surface area contributed by atoms with Gasteiger partial charge in [-0.25, -0.2) is 0 Å². The number of ether oxygens (including phenoxy) is 1. The average Bonchev–Trinajstić information content (AvgIpc) is 2.73. The molecule has 1 N–H and O–H groups in total.